The third-order valence-corrected chi connectivity index (χ3v) is 3.63. The molecule has 21 heavy (non-hydrogen) atoms. The number of primary amides is 1. The van der Waals surface area contributed by atoms with Crippen LogP contribution in [0.4, 0.5) is 4.39 Å². The standard InChI is InChI=1S/C15H20FN3O2/c1-10-6-11(8-12(16)7-10)15(21)19(9-14(17)20)13-2-4-18-5-3-13/h6-8,13,18H,2-5,9H2,1H3,(H2,17,20). The Hall–Kier alpha value is -1.95. The number of piperidine rings is 1. The van der Waals surface area contributed by atoms with Crippen LogP contribution in [-0.4, -0.2) is 42.4 Å². The van der Waals surface area contributed by atoms with Crippen molar-refractivity contribution in [3.05, 3.63) is 35.1 Å². The number of nitrogens with zero attached hydrogens (tertiary/aromatic N) is 1. The van der Waals surface area contributed by atoms with E-state index in [4.69, 9.17) is 5.73 Å². The van der Waals surface area contributed by atoms with Gasteiger partial charge in [0.05, 0.1) is 6.54 Å². The summed E-state index contributed by atoms with van der Waals surface area (Å²) in [6.07, 6.45) is 1.51. The summed E-state index contributed by atoms with van der Waals surface area (Å²) >= 11 is 0. The van der Waals surface area contributed by atoms with E-state index in [1.165, 1.54) is 17.0 Å². The van der Waals surface area contributed by atoms with Crippen LogP contribution in [0.25, 0.3) is 0 Å². The van der Waals surface area contributed by atoms with Crippen LogP contribution in [0.15, 0.2) is 18.2 Å². The Labute approximate surface area is 123 Å². The molecular weight excluding hydrogens is 273 g/mol. The molecule has 0 spiro atoms. The van der Waals surface area contributed by atoms with Gasteiger partial charge in [-0.1, -0.05) is 0 Å². The number of hydrogen-bond acceptors (Lipinski definition) is 3. The van der Waals surface area contributed by atoms with E-state index in [1.54, 1.807) is 13.0 Å². The number of nitrogens with two attached hydrogens (primary N) is 1. The monoisotopic (exact) mass is 293 g/mol. The van der Waals surface area contributed by atoms with Gasteiger partial charge >= 0.3 is 0 Å². The molecule has 2 amide bonds. The van der Waals surface area contributed by atoms with Crippen molar-refractivity contribution in [1.82, 2.24) is 10.2 Å². The Morgan fingerprint density at radius 1 is 1.33 bits per heavy atom. The maximum absolute atomic E-state index is 13.5. The number of amides is 2. The molecule has 1 heterocycles. The van der Waals surface area contributed by atoms with Gasteiger partial charge in [0.2, 0.25) is 5.91 Å². The summed E-state index contributed by atoms with van der Waals surface area (Å²) in [7, 11) is 0. The number of carbonyl (C=O) groups is 2. The van der Waals surface area contributed by atoms with Crippen LogP contribution in [0.5, 0.6) is 0 Å². The molecule has 0 bridgehead atoms. The Kier molecular flexibility index (Phi) is 4.90. The third-order valence-electron chi connectivity index (χ3n) is 3.63. The lowest BCUT2D eigenvalue weighted by atomic mass is 10.0. The number of hydrogen-bond donors (Lipinski definition) is 2. The van der Waals surface area contributed by atoms with E-state index in [0.29, 0.717) is 5.56 Å². The molecule has 2 rings (SSSR count). The molecule has 0 radical (unpaired) electrons. The predicted octanol–water partition coefficient (Wildman–Crippen LogP) is 0.814. The Bertz CT molecular complexity index is 521. The van der Waals surface area contributed by atoms with Gasteiger partial charge in [-0.05, 0) is 56.6 Å². The number of halogens is 1. The summed E-state index contributed by atoms with van der Waals surface area (Å²) in [5.74, 6) is -1.36. The average Bonchev–Trinajstić information content (AvgIpc) is 2.44. The van der Waals surface area contributed by atoms with Gasteiger partial charge in [-0.2, -0.15) is 0 Å². The third kappa shape index (κ3) is 4.01. The average molecular weight is 293 g/mol. The van der Waals surface area contributed by atoms with Gasteiger partial charge < -0.3 is 16.0 Å². The second-order valence-corrected chi connectivity index (χ2v) is 5.40. The SMILES string of the molecule is Cc1cc(F)cc(C(=O)N(CC(N)=O)C2CCNCC2)c1. The fourth-order valence-corrected chi connectivity index (χ4v) is 2.68. The van der Waals surface area contributed by atoms with Crippen LogP contribution < -0.4 is 11.1 Å². The highest BCUT2D eigenvalue weighted by molar-refractivity contribution is 5.96. The van der Waals surface area contributed by atoms with Crippen LogP contribution in [0.2, 0.25) is 0 Å². The van der Waals surface area contributed by atoms with E-state index < -0.39 is 11.7 Å². The van der Waals surface area contributed by atoms with Crippen LogP contribution in [0.3, 0.4) is 0 Å². The summed E-state index contributed by atoms with van der Waals surface area (Å²) in [4.78, 5) is 25.3. The fraction of sp³-hybridized carbons (Fsp3) is 0.467. The second-order valence-electron chi connectivity index (χ2n) is 5.40. The zero-order valence-electron chi connectivity index (χ0n) is 12.1. The van der Waals surface area contributed by atoms with Gasteiger partial charge in [0, 0.05) is 11.6 Å². The van der Waals surface area contributed by atoms with Crippen LogP contribution >= 0.6 is 0 Å². The number of aryl methyl sites for hydroxylation is 1. The highest BCUT2D eigenvalue weighted by Crippen LogP contribution is 2.17. The molecule has 1 saturated heterocycles. The molecular formula is C15H20FN3O2. The molecule has 3 N–H and O–H groups in total. The zero-order chi connectivity index (χ0) is 15.4. The van der Waals surface area contributed by atoms with E-state index in [-0.39, 0.29) is 24.1 Å². The predicted molar refractivity (Wildman–Crippen MR) is 77.3 cm³/mol. The Morgan fingerprint density at radius 3 is 2.57 bits per heavy atom. The number of nitrogens with one attached hydrogen (secondary N) is 1. The highest BCUT2D eigenvalue weighted by Gasteiger charge is 2.27. The normalized spacial score (nSPS) is 15.7. The maximum Gasteiger partial charge on any atom is 0.254 e. The summed E-state index contributed by atoms with van der Waals surface area (Å²) in [6.45, 7) is 3.16. The molecule has 5 nitrogen and oxygen atoms in total. The van der Waals surface area contributed by atoms with Gasteiger partial charge in [0.25, 0.3) is 5.91 Å². The van der Waals surface area contributed by atoms with Crippen LogP contribution in [-0.2, 0) is 4.79 Å². The first-order valence-electron chi connectivity index (χ1n) is 7.04. The lowest BCUT2D eigenvalue weighted by Crippen LogP contribution is -2.49. The molecule has 6 heteroatoms. The topological polar surface area (TPSA) is 75.4 Å². The van der Waals surface area contributed by atoms with Crippen LogP contribution in [0.1, 0.15) is 28.8 Å². The fourth-order valence-electron chi connectivity index (χ4n) is 2.68. The van der Waals surface area contributed by atoms with Gasteiger partial charge in [-0.25, -0.2) is 4.39 Å². The first-order valence-corrected chi connectivity index (χ1v) is 7.04. The zero-order valence-corrected chi connectivity index (χ0v) is 12.1. The summed E-state index contributed by atoms with van der Waals surface area (Å²) < 4.78 is 13.5. The van der Waals surface area contributed by atoms with E-state index in [0.717, 1.165) is 25.9 Å². The smallest absolute Gasteiger partial charge is 0.254 e. The second kappa shape index (κ2) is 6.67. The minimum atomic E-state index is -0.560. The number of rotatable bonds is 4. The van der Waals surface area contributed by atoms with E-state index >= 15 is 0 Å². The van der Waals surface area contributed by atoms with Crippen molar-refractivity contribution in [1.29, 1.82) is 0 Å². The molecule has 0 unspecified atom stereocenters. The molecule has 1 aromatic rings. The molecule has 1 aliphatic rings. The molecule has 0 saturated carbocycles. The first-order chi connectivity index (χ1) is 9.97. The molecule has 0 aliphatic carbocycles. The minimum Gasteiger partial charge on any atom is -0.368 e. The van der Waals surface area contributed by atoms with Crippen molar-refractivity contribution in [2.75, 3.05) is 19.6 Å². The Balaban J connectivity index is 2.25. The molecule has 114 valence electrons. The van der Waals surface area contributed by atoms with Gasteiger partial charge in [0.15, 0.2) is 0 Å². The molecule has 0 atom stereocenters. The lowest BCUT2D eigenvalue weighted by molar-refractivity contribution is -0.119. The number of carbonyl (C=O) groups excluding carboxylic acids is 2. The summed E-state index contributed by atoms with van der Waals surface area (Å²) in [5.41, 5.74) is 6.18. The molecule has 1 aliphatic heterocycles. The first kappa shape index (κ1) is 15.4. The lowest BCUT2D eigenvalue weighted by Gasteiger charge is -2.34. The van der Waals surface area contributed by atoms with Crippen molar-refractivity contribution in [3.8, 4) is 0 Å². The van der Waals surface area contributed by atoms with E-state index in [9.17, 15) is 14.0 Å². The van der Waals surface area contributed by atoms with Crippen molar-refractivity contribution < 1.29 is 14.0 Å². The van der Waals surface area contributed by atoms with Crippen LogP contribution in [0, 0.1) is 12.7 Å². The summed E-state index contributed by atoms with van der Waals surface area (Å²) in [6, 6.07) is 4.14. The molecule has 1 aromatic carbocycles. The van der Waals surface area contributed by atoms with E-state index in [2.05, 4.69) is 5.32 Å². The number of benzene rings is 1. The molecule has 1 fully saturated rings. The Morgan fingerprint density at radius 2 is 2.00 bits per heavy atom. The largest absolute Gasteiger partial charge is 0.368 e. The van der Waals surface area contributed by atoms with Gasteiger partial charge in [0.1, 0.15) is 5.82 Å². The minimum absolute atomic E-state index is 0.0465. The van der Waals surface area contributed by atoms with Crippen molar-refractivity contribution in [3.63, 3.8) is 0 Å². The van der Waals surface area contributed by atoms with Gasteiger partial charge in [-0.15, -0.1) is 0 Å². The molecule has 0 aromatic heterocycles. The van der Waals surface area contributed by atoms with Crippen molar-refractivity contribution in [2.45, 2.75) is 25.8 Å². The quantitative estimate of drug-likeness (QED) is 0.863. The highest BCUT2D eigenvalue weighted by atomic mass is 19.1. The van der Waals surface area contributed by atoms with E-state index in [1.807, 2.05) is 0 Å². The van der Waals surface area contributed by atoms with Crippen molar-refractivity contribution in [2.24, 2.45) is 5.73 Å². The van der Waals surface area contributed by atoms with Crippen molar-refractivity contribution >= 4 is 11.8 Å². The van der Waals surface area contributed by atoms with Gasteiger partial charge in [-0.3, -0.25) is 9.59 Å². The summed E-state index contributed by atoms with van der Waals surface area (Å²) in [5, 5.41) is 3.21. The maximum atomic E-state index is 13.5.